The predicted molar refractivity (Wildman–Crippen MR) is 81.5 cm³/mol. The molecule has 4 heteroatoms. The van der Waals surface area contributed by atoms with Gasteiger partial charge in [-0.1, -0.05) is 13.3 Å². The monoisotopic (exact) mass is 271 g/mol. The Bertz CT molecular complexity index is 182. The predicted octanol–water partition coefficient (Wildman–Crippen LogP) is 1.55. The lowest BCUT2D eigenvalue weighted by Gasteiger charge is -2.21. The molecular formula is C15H33N3O. The van der Waals surface area contributed by atoms with Gasteiger partial charge in [0.25, 0.3) is 0 Å². The summed E-state index contributed by atoms with van der Waals surface area (Å²) in [5.74, 6) is 0. The average molecular weight is 271 g/mol. The number of nitrogens with zero attached hydrogens (tertiary/aromatic N) is 2. The summed E-state index contributed by atoms with van der Waals surface area (Å²) in [5, 5.41) is 0. The fourth-order valence-electron chi connectivity index (χ4n) is 2.57. The SMILES string of the molecule is CCCOCCN1CCCN(CCCCCN)CC1. The van der Waals surface area contributed by atoms with Gasteiger partial charge in [-0.15, -0.1) is 0 Å². The fraction of sp³-hybridized carbons (Fsp3) is 1.00. The summed E-state index contributed by atoms with van der Waals surface area (Å²) in [4.78, 5) is 5.17. The molecule has 4 nitrogen and oxygen atoms in total. The largest absolute Gasteiger partial charge is 0.380 e. The molecule has 1 rings (SSSR count). The van der Waals surface area contributed by atoms with E-state index in [1.165, 1.54) is 58.4 Å². The molecule has 0 spiro atoms. The molecule has 0 aromatic carbocycles. The lowest BCUT2D eigenvalue weighted by atomic mass is 10.2. The van der Waals surface area contributed by atoms with Crippen molar-refractivity contribution in [3.05, 3.63) is 0 Å². The molecule has 0 aliphatic carbocycles. The van der Waals surface area contributed by atoms with Gasteiger partial charge < -0.3 is 15.4 Å². The molecule has 0 atom stereocenters. The number of rotatable bonds is 10. The van der Waals surface area contributed by atoms with Crippen LogP contribution in [0.5, 0.6) is 0 Å². The van der Waals surface area contributed by atoms with Gasteiger partial charge >= 0.3 is 0 Å². The Balaban J connectivity index is 2.06. The molecule has 114 valence electrons. The molecule has 0 aromatic rings. The minimum Gasteiger partial charge on any atom is -0.380 e. The van der Waals surface area contributed by atoms with Gasteiger partial charge in [0.05, 0.1) is 6.61 Å². The van der Waals surface area contributed by atoms with Gasteiger partial charge in [-0.05, 0) is 51.9 Å². The highest BCUT2D eigenvalue weighted by molar-refractivity contribution is 4.69. The van der Waals surface area contributed by atoms with Crippen molar-refractivity contribution in [2.24, 2.45) is 5.73 Å². The Kier molecular flexibility index (Phi) is 10.4. The van der Waals surface area contributed by atoms with Crippen molar-refractivity contribution in [2.45, 2.75) is 39.0 Å². The number of nitrogens with two attached hydrogens (primary N) is 1. The van der Waals surface area contributed by atoms with Crippen LogP contribution in [0.2, 0.25) is 0 Å². The molecule has 1 fully saturated rings. The zero-order chi connectivity index (χ0) is 13.8. The van der Waals surface area contributed by atoms with Crippen LogP contribution in [0.4, 0.5) is 0 Å². The summed E-state index contributed by atoms with van der Waals surface area (Å²) < 4.78 is 5.58. The van der Waals surface area contributed by atoms with Crippen molar-refractivity contribution < 1.29 is 4.74 Å². The molecule has 1 aliphatic rings. The number of hydrogen-bond acceptors (Lipinski definition) is 4. The van der Waals surface area contributed by atoms with E-state index >= 15 is 0 Å². The van der Waals surface area contributed by atoms with E-state index in [0.717, 1.165) is 32.7 Å². The molecule has 1 aliphatic heterocycles. The molecule has 0 saturated carbocycles. The first kappa shape index (κ1) is 16.9. The van der Waals surface area contributed by atoms with Crippen molar-refractivity contribution in [3.63, 3.8) is 0 Å². The first-order valence-corrected chi connectivity index (χ1v) is 8.09. The molecule has 0 aromatic heterocycles. The second-order valence-electron chi connectivity index (χ2n) is 5.50. The summed E-state index contributed by atoms with van der Waals surface area (Å²) in [6.45, 7) is 12.1. The molecule has 1 saturated heterocycles. The smallest absolute Gasteiger partial charge is 0.0593 e. The van der Waals surface area contributed by atoms with Gasteiger partial charge in [0.15, 0.2) is 0 Å². The Labute approximate surface area is 119 Å². The highest BCUT2D eigenvalue weighted by Crippen LogP contribution is 2.05. The summed E-state index contributed by atoms with van der Waals surface area (Å²) in [5.41, 5.74) is 5.53. The van der Waals surface area contributed by atoms with Gasteiger partial charge in [0.2, 0.25) is 0 Å². The van der Waals surface area contributed by atoms with Crippen molar-refractivity contribution in [1.82, 2.24) is 9.80 Å². The van der Waals surface area contributed by atoms with Crippen molar-refractivity contribution in [2.75, 3.05) is 59.0 Å². The molecule has 0 amide bonds. The summed E-state index contributed by atoms with van der Waals surface area (Å²) in [6, 6.07) is 0. The molecule has 1 heterocycles. The number of ether oxygens (including phenoxy) is 1. The van der Waals surface area contributed by atoms with E-state index in [1.54, 1.807) is 0 Å². The fourth-order valence-corrected chi connectivity index (χ4v) is 2.57. The third-order valence-electron chi connectivity index (χ3n) is 3.76. The van der Waals surface area contributed by atoms with Crippen LogP contribution in [0.3, 0.4) is 0 Å². The van der Waals surface area contributed by atoms with E-state index in [-0.39, 0.29) is 0 Å². The maximum Gasteiger partial charge on any atom is 0.0593 e. The Morgan fingerprint density at radius 3 is 2.32 bits per heavy atom. The van der Waals surface area contributed by atoms with E-state index in [1.807, 2.05) is 0 Å². The first-order valence-electron chi connectivity index (χ1n) is 8.09. The van der Waals surface area contributed by atoms with Gasteiger partial charge in [-0.3, -0.25) is 4.90 Å². The minimum absolute atomic E-state index is 0.839. The van der Waals surface area contributed by atoms with Gasteiger partial charge in [-0.2, -0.15) is 0 Å². The standard InChI is InChI=1S/C15H33N3O/c1-2-14-19-15-13-18-10-6-9-17(11-12-18)8-5-3-4-7-16/h2-16H2,1H3. The Morgan fingerprint density at radius 1 is 0.895 bits per heavy atom. The van der Waals surface area contributed by atoms with Crippen LogP contribution in [0, 0.1) is 0 Å². The van der Waals surface area contributed by atoms with Crippen molar-refractivity contribution >= 4 is 0 Å². The van der Waals surface area contributed by atoms with Crippen LogP contribution in [-0.4, -0.2) is 68.8 Å². The van der Waals surface area contributed by atoms with Gasteiger partial charge in [-0.25, -0.2) is 0 Å². The molecule has 19 heavy (non-hydrogen) atoms. The van der Waals surface area contributed by atoms with Crippen molar-refractivity contribution in [1.29, 1.82) is 0 Å². The van der Waals surface area contributed by atoms with Gasteiger partial charge in [0.1, 0.15) is 0 Å². The van der Waals surface area contributed by atoms with Crippen LogP contribution in [0.15, 0.2) is 0 Å². The highest BCUT2D eigenvalue weighted by Gasteiger charge is 2.13. The second kappa shape index (κ2) is 11.6. The Morgan fingerprint density at radius 2 is 1.63 bits per heavy atom. The molecular weight excluding hydrogens is 238 g/mol. The van der Waals surface area contributed by atoms with E-state index in [0.29, 0.717) is 0 Å². The third-order valence-corrected chi connectivity index (χ3v) is 3.76. The normalized spacial score (nSPS) is 18.6. The summed E-state index contributed by atoms with van der Waals surface area (Å²) >= 11 is 0. The maximum absolute atomic E-state index is 5.58. The van der Waals surface area contributed by atoms with Crippen LogP contribution in [0.1, 0.15) is 39.0 Å². The van der Waals surface area contributed by atoms with E-state index in [9.17, 15) is 0 Å². The van der Waals surface area contributed by atoms with E-state index in [4.69, 9.17) is 10.5 Å². The van der Waals surface area contributed by atoms with E-state index < -0.39 is 0 Å². The quantitative estimate of drug-likeness (QED) is 0.612. The second-order valence-corrected chi connectivity index (χ2v) is 5.50. The number of hydrogen-bond donors (Lipinski definition) is 1. The molecule has 2 N–H and O–H groups in total. The lowest BCUT2D eigenvalue weighted by molar-refractivity contribution is 0.105. The third kappa shape index (κ3) is 8.58. The summed E-state index contributed by atoms with van der Waals surface area (Å²) in [6.07, 6.45) is 6.17. The Hall–Kier alpha value is -0.160. The topological polar surface area (TPSA) is 41.7 Å². The van der Waals surface area contributed by atoms with Crippen LogP contribution >= 0.6 is 0 Å². The maximum atomic E-state index is 5.58. The zero-order valence-corrected chi connectivity index (χ0v) is 12.8. The summed E-state index contributed by atoms with van der Waals surface area (Å²) in [7, 11) is 0. The van der Waals surface area contributed by atoms with E-state index in [2.05, 4.69) is 16.7 Å². The average Bonchev–Trinajstić information content (AvgIpc) is 2.65. The zero-order valence-electron chi connectivity index (χ0n) is 12.8. The van der Waals surface area contributed by atoms with Crippen LogP contribution < -0.4 is 5.73 Å². The first-order chi connectivity index (χ1) is 9.36. The van der Waals surface area contributed by atoms with Crippen molar-refractivity contribution in [3.8, 4) is 0 Å². The highest BCUT2D eigenvalue weighted by atomic mass is 16.5. The van der Waals surface area contributed by atoms with Crippen LogP contribution in [-0.2, 0) is 4.74 Å². The minimum atomic E-state index is 0.839. The molecule has 0 unspecified atom stereocenters. The van der Waals surface area contributed by atoms with Crippen LogP contribution in [0.25, 0.3) is 0 Å². The van der Waals surface area contributed by atoms with Gasteiger partial charge in [0, 0.05) is 26.2 Å². The molecule has 0 bridgehead atoms. The lowest BCUT2D eigenvalue weighted by Crippen LogP contribution is -2.33. The molecule has 0 radical (unpaired) electrons. The number of unbranched alkanes of at least 4 members (excludes halogenated alkanes) is 2.